The first-order valence-electron chi connectivity index (χ1n) is 6.44. The molecule has 0 bridgehead atoms. The molecule has 100 valence electrons. The third-order valence-electron chi connectivity index (χ3n) is 3.35. The Bertz CT molecular complexity index is 583. The second kappa shape index (κ2) is 5.22. The van der Waals surface area contributed by atoms with Crippen LogP contribution in [0.3, 0.4) is 0 Å². The highest BCUT2D eigenvalue weighted by Crippen LogP contribution is 2.41. The molecular formula is C16H18O3. The Balaban J connectivity index is 2.78. The zero-order valence-corrected chi connectivity index (χ0v) is 11.1. The van der Waals surface area contributed by atoms with Crippen molar-refractivity contribution in [2.75, 3.05) is 0 Å². The number of hydrogen-bond acceptors (Lipinski definition) is 3. The number of phenolic OH excluding ortho intramolecular Hbond substituents is 3. The third kappa shape index (κ3) is 2.36. The van der Waals surface area contributed by atoms with Crippen molar-refractivity contribution in [2.45, 2.75) is 26.7 Å². The number of hydrogen-bond donors (Lipinski definition) is 3. The van der Waals surface area contributed by atoms with Crippen LogP contribution in [-0.2, 0) is 12.8 Å². The van der Waals surface area contributed by atoms with Gasteiger partial charge in [0, 0.05) is 0 Å². The Kier molecular flexibility index (Phi) is 3.65. The van der Waals surface area contributed by atoms with Gasteiger partial charge in [-0.25, -0.2) is 0 Å². The zero-order valence-electron chi connectivity index (χ0n) is 11.1. The van der Waals surface area contributed by atoms with Gasteiger partial charge in [-0.15, -0.1) is 0 Å². The molecule has 2 rings (SSSR count). The predicted octanol–water partition coefficient (Wildman–Crippen LogP) is 3.60. The molecule has 0 fully saturated rings. The van der Waals surface area contributed by atoms with Gasteiger partial charge in [0.05, 0.1) is 5.56 Å². The van der Waals surface area contributed by atoms with Crippen molar-refractivity contribution in [1.82, 2.24) is 0 Å². The molecule has 3 heteroatoms. The van der Waals surface area contributed by atoms with Crippen LogP contribution in [0.4, 0.5) is 0 Å². The van der Waals surface area contributed by atoms with Gasteiger partial charge in [-0.1, -0.05) is 19.9 Å². The first kappa shape index (κ1) is 13.3. The van der Waals surface area contributed by atoms with Gasteiger partial charge in [-0.05, 0) is 53.8 Å². The fourth-order valence-corrected chi connectivity index (χ4v) is 2.48. The summed E-state index contributed by atoms with van der Waals surface area (Å²) in [6, 6.07) is 7.98. The summed E-state index contributed by atoms with van der Waals surface area (Å²) in [6.07, 6.45) is 1.56. The van der Waals surface area contributed by atoms with Gasteiger partial charge in [0.1, 0.15) is 17.2 Å². The normalized spacial score (nSPS) is 10.6. The lowest BCUT2D eigenvalue weighted by molar-refractivity contribution is 0.454. The van der Waals surface area contributed by atoms with Crippen molar-refractivity contribution >= 4 is 0 Å². The molecule has 3 nitrogen and oxygen atoms in total. The molecule has 0 radical (unpaired) electrons. The van der Waals surface area contributed by atoms with Crippen LogP contribution in [0.15, 0.2) is 30.3 Å². The molecule has 0 aliphatic heterocycles. The van der Waals surface area contributed by atoms with E-state index in [-0.39, 0.29) is 17.2 Å². The van der Waals surface area contributed by atoms with Crippen molar-refractivity contribution in [3.8, 4) is 28.4 Å². The Morgan fingerprint density at radius 3 is 2.05 bits per heavy atom. The SMILES string of the molecule is CCc1cc(O)cc(-c2c(O)cccc2O)c1CC. The highest BCUT2D eigenvalue weighted by molar-refractivity contribution is 5.80. The third-order valence-corrected chi connectivity index (χ3v) is 3.35. The molecule has 0 saturated heterocycles. The van der Waals surface area contributed by atoms with Gasteiger partial charge >= 0.3 is 0 Å². The monoisotopic (exact) mass is 258 g/mol. The average molecular weight is 258 g/mol. The smallest absolute Gasteiger partial charge is 0.127 e. The van der Waals surface area contributed by atoms with E-state index >= 15 is 0 Å². The van der Waals surface area contributed by atoms with Crippen LogP contribution < -0.4 is 0 Å². The summed E-state index contributed by atoms with van der Waals surface area (Å²) in [5, 5.41) is 29.8. The van der Waals surface area contributed by atoms with E-state index in [2.05, 4.69) is 0 Å². The van der Waals surface area contributed by atoms with Gasteiger partial charge in [-0.2, -0.15) is 0 Å². The quantitative estimate of drug-likeness (QED) is 0.788. The van der Waals surface area contributed by atoms with Crippen molar-refractivity contribution in [3.63, 3.8) is 0 Å². The topological polar surface area (TPSA) is 60.7 Å². The van der Waals surface area contributed by atoms with Crippen LogP contribution in [0.5, 0.6) is 17.2 Å². The summed E-state index contributed by atoms with van der Waals surface area (Å²) in [6.45, 7) is 4.04. The summed E-state index contributed by atoms with van der Waals surface area (Å²) >= 11 is 0. The maximum atomic E-state index is 9.98. The van der Waals surface area contributed by atoms with Gasteiger partial charge in [0.15, 0.2) is 0 Å². The molecule has 0 aliphatic rings. The minimum atomic E-state index is 0.0161. The minimum Gasteiger partial charge on any atom is -0.508 e. The van der Waals surface area contributed by atoms with E-state index in [1.54, 1.807) is 18.2 Å². The molecule has 0 amide bonds. The average Bonchev–Trinajstić information content (AvgIpc) is 2.37. The lowest BCUT2D eigenvalue weighted by atomic mass is 9.91. The van der Waals surface area contributed by atoms with Crippen LogP contribution in [0.25, 0.3) is 11.1 Å². The van der Waals surface area contributed by atoms with E-state index in [0.717, 1.165) is 24.0 Å². The Morgan fingerprint density at radius 1 is 0.895 bits per heavy atom. The molecule has 0 heterocycles. The number of benzene rings is 2. The molecule has 0 spiro atoms. The number of aryl methyl sites for hydroxylation is 1. The zero-order chi connectivity index (χ0) is 14.0. The van der Waals surface area contributed by atoms with Crippen molar-refractivity contribution in [1.29, 1.82) is 0 Å². The molecule has 0 unspecified atom stereocenters. The number of phenols is 3. The van der Waals surface area contributed by atoms with Gasteiger partial charge in [-0.3, -0.25) is 0 Å². The first-order chi connectivity index (χ1) is 9.08. The Morgan fingerprint density at radius 2 is 1.53 bits per heavy atom. The molecule has 0 aromatic heterocycles. The van der Waals surface area contributed by atoms with Gasteiger partial charge in [0.2, 0.25) is 0 Å². The fourth-order valence-electron chi connectivity index (χ4n) is 2.48. The summed E-state index contributed by atoms with van der Waals surface area (Å²) in [4.78, 5) is 0. The van der Waals surface area contributed by atoms with Crippen molar-refractivity contribution in [3.05, 3.63) is 41.5 Å². The van der Waals surface area contributed by atoms with Gasteiger partial charge in [0.25, 0.3) is 0 Å². The van der Waals surface area contributed by atoms with E-state index in [9.17, 15) is 15.3 Å². The highest BCUT2D eigenvalue weighted by Gasteiger charge is 2.16. The van der Waals surface area contributed by atoms with Crippen LogP contribution in [-0.4, -0.2) is 15.3 Å². The molecule has 2 aromatic carbocycles. The van der Waals surface area contributed by atoms with E-state index < -0.39 is 0 Å². The van der Waals surface area contributed by atoms with Crippen molar-refractivity contribution < 1.29 is 15.3 Å². The fraction of sp³-hybridized carbons (Fsp3) is 0.250. The van der Waals surface area contributed by atoms with E-state index in [4.69, 9.17) is 0 Å². The molecule has 19 heavy (non-hydrogen) atoms. The number of rotatable bonds is 3. The van der Waals surface area contributed by atoms with Gasteiger partial charge < -0.3 is 15.3 Å². The summed E-state index contributed by atoms with van der Waals surface area (Å²) in [7, 11) is 0. The molecule has 2 aromatic rings. The van der Waals surface area contributed by atoms with E-state index in [1.165, 1.54) is 12.1 Å². The summed E-state index contributed by atoms with van der Waals surface area (Å²) < 4.78 is 0. The molecule has 0 atom stereocenters. The van der Waals surface area contributed by atoms with E-state index in [0.29, 0.717) is 11.1 Å². The summed E-state index contributed by atoms with van der Waals surface area (Å²) in [5.74, 6) is 0.177. The predicted molar refractivity (Wildman–Crippen MR) is 75.6 cm³/mol. The molecular weight excluding hydrogens is 240 g/mol. The lowest BCUT2D eigenvalue weighted by Gasteiger charge is -2.15. The van der Waals surface area contributed by atoms with Crippen LogP contribution in [0, 0.1) is 0 Å². The second-order valence-corrected chi connectivity index (χ2v) is 4.51. The maximum absolute atomic E-state index is 9.98. The first-order valence-corrected chi connectivity index (χ1v) is 6.44. The Hall–Kier alpha value is -2.16. The van der Waals surface area contributed by atoms with Crippen molar-refractivity contribution in [2.24, 2.45) is 0 Å². The van der Waals surface area contributed by atoms with E-state index in [1.807, 2.05) is 13.8 Å². The lowest BCUT2D eigenvalue weighted by Crippen LogP contribution is -1.96. The second-order valence-electron chi connectivity index (χ2n) is 4.51. The largest absolute Gasteiger partial charge is 0.508 e. The molecule has 0 saturated carbocycles. The highest BCUT2D eigenvalue weighted by atomic mass is 16.3. The Labute approximate surface area is 112 Å². The summed E-state index contributed by atoms with van der Waals surface area (Å²) in [5.41, 5.74) is 3.14. The molecule has 3 N–H and O–H groups in total. The number of aromatic hydroxyl groups is 3. The minimum absolute atomic E-state index is 0.0161. The maximum Gasteiger partial charge on any atom is 0.127 e. The van der Waals surface area contributed by atoms with Crippen LogP contribution >= 0.6 is 0 Å². The van der Waals surface area contributed by atoms with Crippen LogP contribution in [0.2, 0.25) is 0 Å². The standard InChI is InChI=1S/C16H18O3/c1-3-10-8-11(17)9-13(12(10)4-2)16-14(18)6-5-7-15(16)19/h5-9,17-19H,3-4H2,1-2H3. The molecule has 0 aliphatic carbocycles. The van der Waals surface area contributed by atoms with Crippen LogP contribution in [0.1, 0.15) is 25.0 Å².